The predicted molar refractivity (Wildman–Crippen MR) is 86.0 cm³/mol. The van der Waals surface area contributed by atoms with Gasteiger partial charge in [-0.25, -0.2) is 0 Å². The van der Waals surface area contributed by atoms with Crippen molar-refractivity contribution in [3.63, 3.8) is 0 Å². The highest BCUT2D eigenvalue weighted by molar-refractivity contribution is 5.85. The molecule has 0 aromatic heterocycles. The number of halogens is 1. The minimum atomic E-state index is 0. The maximum atomic E-state index is 12.5. The van der Waals surface area contributed by atoms with Crippen molar-refractivity contribution in [2.75, 3.05) is 13.1 Å². The van der Waals surface area contributed by atoms with E-state index in [0.29, 0.717) is 23.7 Å². The number of likely N-dealkylation sites (tertiary alicyclic amines) is 1. The van der Waals surface area contributed by atoms with E-state index in [9.17, 15) is 4.79 Å². The third-order valence-electron chi connectivity index (χ3n) is 5.14. The van der Waals surface area contributed by atoms with E-state index in [2.05, 4.69) is 18.7 Å². The van der Waals surface area contributed by atoms with Crippen molar-refractivity contribution in [1.82, 2.24) is 4.90 Å². The minimum Gasteiger partial charge on any atom is -0.342 e. The first-order valence-corrected chi connectivity index (χ1v) is 8.07. The van der Waals surface area contributed by atoms with Crippen LogP contribution in [0.4, 0.5) is 0 Å². The zero-order valence-electron chi connectivity index (χ0n) is 13.1. The Balaban J connectivity index is 0.00000200. The van der Waals surface area contributed by atoms with Gasteiger partial charge in [0, 0.05) is 25.6 Å². The van der Waals surface area contributed by atoms with Crippen LogP contribution in [0.1, 0.15) is 65.2 Å². The fourth-order valence-corrected chi connectivity index (χ4v) is 4.01. The lowest BCUT2D eigenvalue weighted by atomic mass is 9.78. The second-order valence-corrected chi connectivity index (χ2v) is 7.04. The summed E-state index contributed by atoms with van der Waals surface area (Å²) in [5, 5.41) is 0. The molecule has 1 aliphatic carbocycles. The van der Waals surface area contributed by atoms with Gasteiger partial charge in [0.25, 0.3) is 0 Å². The summed E-state index contributed by atoms with van der Waals surface area (Å²) in [4.78, 5) is 14.6. The molecule has 0 aromatic carbocycles. The highest BCUT2D eigenvalue weighted by Crippen LogP contribution is 2.35. The Labute approximate surface area is 130 Å². The van der Waals surface area contributed by atoms with Crippen molar-refractivity contribution >= 4 is 18.3 Å². The lowest BCUT2D eigenvalue weighted by Gasteiger charge is -2.41. The summed E-state index contributed by atoms with van der Waals surface area (Å²) in [6, 6.07) is 0.260. The molecule has 1 unspecified atom stereocenters. The van der Waals surface area contributed by atoms with E-state index < -0.39 is 0 Å². The Morgan fingerprint density at radius 1 is 1.35 bits per heavy atom. The number of nitrogens with zero attached hydrogens (tertiary/aromatic N) is 1. The molecular formula is C16H31ClN2O. The summed E-state index contributed by atoms with van der Waals surface area (Å²) in [5.41, 5.74) is 6.43. The maximum Gasteiger partial charge on any atom is 0.222 e. The summed E-state index contributed by atoms with van der Waals surface area (Å²) < 4.78 is 0. The second kappa shape index (κ2) is 7.65. The van der Waals surface area contributed by atoms with Gasteiger partial charge in [0.15, 0.2) is 0 Å². The van der Waals surface area contributed by atoms with E-state index in [1.54, 1.807) is 0 Å². The molecule has 3 nitrogen and oxygen atoms in total. The summed E-state index contributed by atoms with van der Waals surface area (Å²) in [6.45, 7) is 6.50. The van der Waals surface area contributed by atoms with Crippen LogP contribution in [0.5, 0.6) is 0 Å². The predicted octanol–water partition coefficient (Wildman–Crippen LogP) is 3.35. The first-order chi connectivity index (χ1) is 9.04. The summed E-state index contributed by atoms with van der Waals surface area (Å²) in [7, 11) is 0. The van der Waals surface area contributed by atoms with E-state index in [1.807, 2.05) is 0 Å². The SMILES string of the molecule is CCCC1(C)CCCN(C(=O)C[C@@H]2CCC[C@H]2N)C1.Cl. The number of nitrogens with two attached hydrogens (primary N) is 1. The molecule has 3 atom stereocenters. The van der Waals surface area contributed by atoms with Crippen molar-refractivity contribution < 1.29 is 4.79 Å². The van der Waals surface area contributed by atoms with Gasteiger partial charge in [-0.3, -0.25) is 4.79 Å². The molecule has 2 fully saturated rings. The smallest absolute Gasteiger partial charge is 0.222 e. The number of piperidine rings is 1. The van der Waals surface area contributed by atoms with Crippen molar-refractivity contribution in [3.05, 3.63) is 0 Å². The van der Waals surface area contributed by atoms with Gasteiger partial charge in [-0.2, -0.15) is 0 Å². The van der Waals surface area contributed by atoms with Crippen molar-refractivity contribution in [2.45, 2.75) is 71.3 Å². The molecule has 1 saturated heterocycles. The molecule has 0 aromatic rings. The summed E-state index contributed by atoms with van der Waals surface area (Å²) in [6.07, 6.45) is 9.02. The van der Waals surface area contributed by atoms with Crippen LogP contribution in [-0.4, -0.2) is 29.9 Å². The number of carbonyl (C=O) groups is 1. The van der Waals surface area contributed by atoms with Gasteiger partial charge in [0.2, 0.25) is 5.91 Å². The van der Waals surface area contributed by atoms with E-state index in [4.69, 9.17) is 5.73 Å². The summed E-state index contributed by atoms with van der Waals surface area (Å²) >= 11 is 0. The van der Waals surface area contributed by atoms with Crippen LogP contribution in [0.2, 0.25) is 0 Å². The molecule has 2 rings (SSSR count). The fourth-order valence-electron chi connectivity index (χ4n) is 4.01. The molecule has 2 N–H and O–H groups in total. The van der Waals surface area contributed by atoms with Crippen molar-refractivity contribution in [3.8, 4) is 0 Å². The third kappa shape index (κ3) is 4.36. The zero-order valence-corrected chi connectivity index (χ0v) is 13.9. The van der Waals surface area contributed by atoms with Crippen LogP contribution in [0.15, 0.2) is 0 Å². The molecule has 2 aliphatic rings. The van der Waals surface area contributed by atoms with Gasteiger partial charge in [0.05, 0.1) is 0 Å². The average Bonchev–Trinajstić information content (AvgIpc) is 2.75. The first-order valence-electron chi connectivity index (χ1n) is 8.07. The topological polar surface area (TPSA) is 46.3 Å². The normalized spacial score (nSPS) is 33.9. The molecule has 0 spiro atoms. The molecular weight excluding hydrogens is 272 g/mol. The molecule has 20 heavy (non-hydrogen) atoms. The third-order valence-corrected chi connectivity index (χ3v) is 5.14. The Bertz CT molecular complexity index is 320. The van der Waals surface area contributed by atoms with Gasteiger partial charge in [0.1, 0.15) is 0 Å². The molecule has 1 heterocycles. The molecule has 0 radical (unpaired) electrons. The van der Waals surface area contributed by atoms with E-state index in [-0.39, 0.29) is 18.4 Å². The van der Waals surface area contributed by atoms with Crippen LogP contribution < -0.4 is 5.73 Å². The quantitative estimate of drug-likeness (QED) is 0.865. The number of carbonyl (C=O) groups excluding carboxylic acids is 1. The minimum absolute atomic E-state index is 0. The lowest BCUT2D eigenvalue weighted by molar-refractivity contribution is -0.135. The number of hydrogen-bond donors (Lipinski definition) is 1. The van der Waals surface area contributed by atoms with Gasteiger partial charge in [-0.15, -0.1) is 12.4 Å². The zero-order chi connectivity index (χ0) is 13.9. The molecule has 1 saturated carbocycles. The molecule has 0 bridgehead atoms. The van der Waals surface area contributed by atoms with Crippen molar-refractivity contribution in [1.29, 1.82) is 0 Å². The Morgan fingerprint density at radius 3 is 2.70 bits per heavy atom. The Kier molecular flexibility index (Phi) is 6.80. The van der Waals surface area contributed by atoms with E-state index in [0.717, 1.165) is 25.9 Å². The van der Waals surface area contributed by atoms with Crippen LogP contribution >= 0.6 is 12.4 Å². The number of amides is 1. The average molecular weight is 303 g/mol. The van der Waals surface area contributed by atoms with Crippen LogP contribution in [0.25, 0.3) is 0 Å². The van der Waals surface area contributed by atoms with Crippen molar-refractivity contribution in [2.24, 2.45) is 17.1 Å². The monoisotopic (exact) mass is 302 g/mol. The standard InChI is InChI=1S/C16H30N2O.ClH/c1-3-8-16(2)9-5-10-18(12-16)15(19)11-13-6-4-7-14(13)17;/h13-14H,3-12,17H2,1-2H3;1H/t13-,14+,16?;/m0./s1. The van der Waals surface area contributed by atoms with E-state index >= 15 is 0 Å². The Morgan fingerprint density at radius 2 is 2.10 bits per heavy atom. The fraction of sp³-hybridized carbons (Fsp3) is 0.938. The first kappa shape index (κ1) is 17.8. The molecule has 1 aliphatic heterocycles. The Hall–Kier alpha value is -0.280. The second-order valence-electron chi connectivity index (χ2n) is 7.04. The van der Waals surface area contributed by atoms with Gasteiger partial charge in [-0.05, 0) is 43.4 Å². The van der Waals surface area contributed by atoms with Crippen LogP contribution in [0.3, 0.4) is 0 Å². The lowest BCUT2D eigenvalue weighted by Crippen LogP contribution is -2.45. The molecule has 1 amide bonds. The molecule has 4 heteroatoms. The molecule has 118 valence electrons. The number of rotatable bonds is 4. The maximum absolute atomic E-state index is 12.5. The van der Waals surface area contributed by atoms with Gasteiger partial charge >= 0.3 is 0 Å². The largest absolute Gasteiger partial charge is 0.342 e. The van der Waals surface area contributed by atoms with Crippen LogP contribution in [0, 0.1) is 11.3 Å². The highest BCUT2D eigenvalue weighted by atomic mass is 35.5. The van der Waals surface area contributed by atoms with E-state index in [1.165, 1.54) is 32.1 Å². The number of hydrogen-bond acceptors (Lipinski definition) is 2. The highest BCUT2D eigenvalue weighted by Gasteiger charge is 2.34. The van der Waals surface area contributed by atoms with Crippen LogP contribution in [-0.2, 0) is 4.79 Å². The van der Waals surface area contributed by atoms with Gasteiger partial charge < -0.3 is 10.6 Å². The summed E-state index contributed by atoms with van der Waals surface area (Å²) in [5.74, 6) is 0.788. The van der Waals surface area contributed by atoms with Gasteiger partial charge in [-0.1, -0.05) is 26.7 Å².